The molecule has 1 fully saturated rings. The molecule has 1 heterocycles. The predicted molar refractivity (Wildman–Crippen MR) is 67.0 cm³/mol. The van der Waals surface area contributed by atoms with Gasteiger partial charge in [-0.2, -0.15) is 0 Å². The Morgan fingerprint density at radius 1 is 1.25 bits per heavy atom. The molecule has 1 aliphatic rings. The summed E-state index contributed by atoms with van der Waals surface area (Å²) in [5.41, 5.74) is 7.54. The van der Waals surface area contributed by atoms with Crippen molar-refractivity contribution in [2.75, 3.05) is 25.0 Å². The standard InChI is InChI=1S/C11H15N3O.ClH/c1-13-6-7-14(11(13)15)10-4-2-9(8-12)3-5-10;/h2-5H,6-8,12H2,1H3;1H. The summed E-state index contributed by atoms with van der Waals surface area (Å²) in [6.07, 6.45) is 0. The van der Waals surface area contributed by atoms with E-state index in [1.54, 1.807) is 9.80 Å². The SMILES string of the molecule is CN1CCN(c2ccc(CN)cc2)C1=O.Cl. The third-order valence-corrected chi connectivity index (χ3v) is 2.70. The number of amides is 2. The zero-order valence-electron chi connectivity index (χ0n) is 9.22. The van der Waals surface area contributed by atoms with Crippen molar-refractivity contribution in [3.63, 3.8) is 0 Å². The number of rotatable bonds is 2. The number of benzene rings is 1. The van der Waals surface area contributed by atoms with E-state index in [1.165, 1.54) is 0 Å². The number of carbonyl (C=O) groups is 1. The van der Waals surface area contributed by atoms with Crippen LogP contribution < -0.4 is 10.6 Å². The highest BCUT2D eigenvalue weighted by Crippen LogP contribution is 2.19. The molecular formula is C11H16ClN3O. The summed E-state index contributed by atoms with van der Waals surface area (Å²) in [6, 6.07) is 7.87. The highest BCUT2D eigenvalue weighted by atomic mass is 35.5. The molecule has 1 saturated heterocycles. The summed E-state index contributed by atoms with van der Waals surface area (Å²) in [7, 11) is 1.82. The van der Waals surface area contributed by atoms with Gasteiger partial charge in [0.1, 0.15) is 0 Å². The number of nitrogens with zero attached hydrogens (tertiary/aromatic N) is 2. The Kier molecular flexibility index (Phi) is 4.15. The van der Waals surface area contributed by atoms with E-state index in [9.17, 15) is 4.79 Å². The highest BCUT2D eigenvalue weighted by molar-refractivity contribution is 5.93. The van der Waals surface area contributed by atoms with Crippen LogP contribution in [0.25, 0.3) is 0 Å². The normalized spacial score (nSPS) is 15.2. The van der Waals surface area contributed by atoms with Crippen LogP contribution in [0.2, 0.25) is 0 Å². The van der Waals surface area contributed by atoms with Crippen LogP contribution in [-0.4, -0.2) is 31.1 Å². The second-order valence-electron chi connectivity index (χ2n) is 3.73. The van der Waals surface area contributed by atoms with Gasteiger partial charge in [-0.1, -0.05) is 12.1 Å². The maximum atomic E-state index is 11.7. The fourth-order valence-corrected chi connectivity index (χ4v) is 1.70. The molecule has 1 aromatic rings. The summed E-state index contributed by atoms with van der Waals surface area (Å²) < 4.78 is 0. The van der Waals surface area contributed by atoms with Gasteiger partial charge in [-0.15, -0.1) is 12.4 Å². The van der Waals surface area contributed by atoms with Gasteiger partial charge >= 0.3 is 6.03 Å². The smallest absolute Gasteiger partial charge is 0.324 e. The average molecular weight is 242 g/mol. The Bertz CT molecular complexity index is 366. The molecule has 1 aromatic carbocycles. The zero-order valence-corrected chi connectivity index (χ0v) is 10.0. The maximum absolute atomic E-state index is 11.7. The molecule has 88 valence electrons. The van der Waals surface area contributed by atoms with Gasteiger partial charge in [-0.05, 0) is 17.7 Å². The number of anilines is 1. The topological polar surface area (TPSA) is 49.6 Å². The lowest BCUT2D eigenvalue weighted by Gasteiger charge is -2.16. The molecule has 0 bridgehead atoms. The molecule has 0 aliphatic carbocycles. The van der Waals surface area contributed by atoms with Crippen molar-refractivity contribution in [2.45, 2.75) is 6.54 Å². The lowest BCUT2D eigenvalue weighted by molar-refractivity contribution is 0.229. The first-order chi connectivity index (χ1) is 7.22. The fraction of sp³-hybridized carbons (Fsp3) is 0.364. The van der Waals surface area contributed by atoms with Gasteiger partial charge in [-0.25, -0.2) is 4.79 Å². The number of hydrogen-bond acceptors (Lipinski definition) is 2. The minimum Gasteiger partial charge on any atom is -0.326 e. The number of carbonyl (C=O) groups excluding carboxylic acids is 1. The van der Waals surface area contributed by atoms with Gasteiger partial charge < -0.3 is 10.6 Å². The summed E-state index contributed by atoms with van der Waals surface area (Å²) in [5, 5.41) is 0. The maximum Gasteiger partial charge on any atom is 0.324 e. The molecule has 2 rings (SSSR count). The first kappa shape index (κ1) is 12.8. The summed E-state index contributed by atoms with van der Waals surface area (Å²) >= 11 is 0. The zero-order chi connectivity index (χ0) is 10.8. The van der Waals surface area contributed by atoms with Crippen molar-refractivity contribution >= 4 is 24.1 Å². The molecule has 0 saturated carbocycles. The van der Waals surface area contributed by atoms with Crippen molar-refractivity contribution in [3.8, 4) is 0 Å². The van der Waals surface area contributed by atoms with Crippen LogP contribution in [-0.2, 0) is 6.54 Å². The number of hydrogen-bond donors (Lipinski definition) is 1. The van der Waals surface area contributed by atoms with Crippen LogP contribution >= 0.6 is 12.4 Å². The predicted octanol–water partition coefficient (Wildman–Crippen LogP) is 1.44. The molecule has 2 amide bonds. The third kappa shape index (κ3) is 2.28. The molecule has 0 radical (unpaired) electrons. The molecule has 2 N–H and O–H groups in total. The lowest BCUT2D eigenvalue weighted by atomic mass is 10.2. The highest BCUT2D eigenvalue weighted by Gasteiger charge is 2.26. The number of nitrogens with two attached hydrogens (primary N) is 1. The van der Waals surface area contributed by atoms with Crippen LogP contribution in [0.15, 0.2) is 24.3 Å². The van der Waals surface area contributed by atoms with Gasteiger partial charge in [0.2, 0.25) is 0 Å². The quantitative estimate of drug-likeness (QED) is 0.852. The Morgan fingerprint density at radius 3 is 2.31 bits per heavy atom. The van der Waals surface area contributed by atoms with Gasteiger partial charge in [0.25, 0.3) is 0 Å². The van der Waals surface area contributed by atoms with E-state index < -0.39 is 0 Å². The van der Waals surface area contributed by atoms with E-state index in [1.807, 2.05) is 31.3 Å². The molecule has 0 unspecified atom stereocenters. The van der Waals surface area contributed by atoms with E-state index in [-0.39, 0.29) is 18.4 Å². The molecule has 16 heavy (non-hydrogen) atoms. The molecule has 0 atom stereocenters. The molecule has 0 aromatic heterocycles. The average Bonchev–Trinajstić information content (AvgIpc) is 2.60. The summed E-state index contributed by atoms with van der Waals surface area (Å²) in [4.78, 5) is 15.2. The third-order valence-electron chi connectivity index (χ3n) is 2.70. The Hall–Kier alpha value is -1.26. The molecule has 1 aliphatic heterocycles. The minimum absolute atomic E-state index is 0. The second-order valence-corrected chi connectivity index (χ2v) is 3.73. The van der Waals surface area contributed by atoms with Gasteiger partial charge in [-0.3, -0.25) is 4.90 Å². The van der Waals surface area contributed by atoms with Crippen LogP contribution in [0.3, 0.4) is 0 Å². The van der Waals surface area contributed by atoms with Crippen molar-refractivity contribution in [3.05, 3.63) is 29.8 Å². The Morgan fingerprint density at radius 2 is 1.88 bits per heavy atom. The molecule has 0 spiro atoms. The van der Waals surface area contributed by atoms with Gasteiger partial charge in [0, 0.05) is 32.4 Å². The van der Waals surface area contributed by atoms with Crippen molar-refractivity contribution in [1.29, 1.82) is 0 Å². The van der Waals surface area contributed by atoms with Crippen LogP contribution in [0.5, 0.6) is 0 Å². The lowest BCUT2D eigenvalue weighted by Crippen LogP contribution is -2.29. The Balaban J connectivity index is 0.00000128. The largest absolute Gasteiger partial charge is 0.326 e. The van der Waals surface area contributed by atoms with E-state index in [4.69, 9.17) is 5.73 Å². The molecule has 5 heteroatoms. The van der Waals surface area contributed by atoms with E-state index in [0.29, 0.717) is 6.54 Å². The number of halogens is 1. The van der Waals surface area contributed by atoms with Gasteiger partial charge in [0.05, 0.1) is 0 Å². The van der Waals surface area contributed by atoms with Crippen LogP contribution in [0.4, 0.5) is 10.5 Å². The van der Waals surface area contributed by atoms with E-state index >= 15 is 0 Å². The van der Waals surface area contributed by atoms with Crippen LogP contribution in [0, 0.1) is 0 Å². The fourth-order valence-electron chi connectivity index (χ4n) is 1.70. The van der Waals surface area contributed by atoms with Crippen molar-refractivity contribution < 1.29 is 4.79 Å². The van der Waals surface area contributed by atoms with Crippen molar-refractivity contribution in [2.24, 2.45) is 5.73 Å². The second kappa shape index (κ2) is 5.18. The minimum atomic E-state index is 0. The summed E-state index contributed by atoms with van der Waals surface area (Å²) in [6.45, 7) is 2.09. The van der Waals surface area contributed by atoms with Gasteiger partial charge in [0.15, 0.2) is 0 Å². The monoisotopic (exact) mass is 241 g/mol. The molecule has 4 nitrogen and oxygen atoms in total. The first-order valence-corrected chi connectivity index (χ1v) is 5.04. The van der Waals surface area contributed by atoms with E-state index in [2.05, 4.69) is 0 Å². The first-order valence-electron chi connectivity index (χ1n) is 5.04. The van der Waals surface area contributed by atoms with Crippen LogP contribution in [0.1, 0.15) is 5.56 Å². The molecular weight excluding hydrogens is 226 g/mol. The number of likely N-dealkylation sites (N-methyl/N-ethyl adjacent to an activating group) is 1. The summed E-state index contributed by atoms with van der Waals surface area (Å²) in [5.74, 6) is 0. The van der Waals surface area contributed by atoms with Crippen molar-refractivity contribution in [1.82, 2.24) is 4.90 Å². The number of urea groups is 1. The Labute approximate surface area is 101 Å². The van der Waals surface area contributed by atoms with E-state index in [0.717, 1.165) is 24.3 Å².